The molecule has 0 unspecified atom stereocenters. The maximum absolute atomic E-state index is 3.45. The summed E-state index contributed by atoms with van der Waals surface area (Å²) >= 11 is 1.93. The Morgan fingerprint density at radius 3 is 3.00 bits per heavy atom. The maximum Gasteiger partial charge on any atom is 0.0767 e. The van der Waals surface area contributed by atoms with E-state index in [1.165, 1.54) is 17.0 Å². The highest BCUT2D eigenvalue weighted by Crippen LogP contribution is 2.38. The molecule has 0 amide bonds. The quantitative estimate of drug-likeness (QED) is 0.686. The first-order valence-corrected chi connectivity index (χ1v) is 4.80. The summed E-state index contributed by atoms with van der Waals surface area (Å²) in [5.41, 5.74) is 1.30. The van der Waals surface area contributed by atoms with E-state index in [-0.39, 0.29) is 0 Å². The van der Waals surface area contributed by atoms with Crippen LogP contribution in [-0.4, -0.2) is 5.37 Å². The zero-order valence-electron chi connectivity index (χ0n) is 6.50. The molecule has 1 heterocycles. The summed E-state index contributed by atoms with van der Waals surface area (Å²) in [6, 6.07) is 8.47. The fraction of sp³-hybridized carbons (Fsp3) is 0.333. The van der Waals surface area contributed by atoms with E-state index in [1.807, 2.05) is 11.8 Å². The van der Waals surface area contributed by atoms with Gasteiger partial charge in [-0.25, -0.2) is 0 Å². The third-order valence-electron chi connectivity index (χ3n) is 1.84. The van der Waals surface area contributed by atoms with Gasteiger partial charge in [0.15, 0.2) is 0 Å². The second-order valence-corrected chi connectivity index (χ2v) is 3.90. The summed E-state index contributed by atoms with van der Waals surface area (Å²) in [6.45, 7) is 2.20. The molecule has 1 N–H and O–H groups in total. The molecule has 1 aliphatic rings. The number of fused-ring (bicyclic) bond motifs is 1. The SMILES string of the molecule is CC[C@@H]1Nc2ccccc2S1. The van der Waals surface area contributed by atoms with Gasteiger partial charge in [0, 0.05) is 10.6 Å². The van der Waals surface area contributed by atoms with Gasteiger partial charge in [0.1, 0.15) is 0 Å². The first kappa shape index (κ1) is 7.04. The van der Waals surface area contributed by atoms with E-state index in [4.69, 9.17) is 0 Å². The van der Waals surface area contributed by atoms with Crippen molar-refractivity contribution in [3.05, 3.63) is 24.3 Å². The average Bonchev–Trinajstić information content (AvgIpc) is 2.46. The molecular weight excluding hydrogens is 154 g/mol. The Bertz CT molecular complexity index is 234. The lowest BCUT2D eigenvalue weighted by atomic mass is 10.3. The van der Waals surface area contributed by atoms with Crippen molar-refractivity contribution in [3.63, 3.8) is 0 Å². The lowest BCUT2D eigenvalue weighted by Gasteiger charge is -2.04. The number of para-hydroxylation sites is 1. The highest BCUT2D eigenvalue weighted by Gasteiger charge is 2.17. The third kappa shape index (κ3) is 1.23. The van der Waals surface area contributed by atoms with E-state index >= 15 is 0 Å². The van der Waals surface area contributed by atoms with Crippen LogP contribution in [0.2, 0.25) is 0 Å². The predicted octanol–water partition coefficient (Wildman–Crippen LogP) is 2.94. The molecule has 0 saturated carbocycles. The highest BCUT2D eigenvalue weighted by atomic mass is 32.2. The van der Waals surface area contributed by atoms with E-state index in [0.29, 0.717) is 5.37 Å². The van der Waals surface area contributed by atoms with Crippen LogP contribution >= 0.6 is 11.8 Å². The summed E-state index contributed by atoms with van der Waals surface area (Å²) in [6.07, 6.45) is 1.18. The van der Waals surface area contributed by atoms with Gasteiger partial charge >= 0.3 is 0 Å². The van der Waals surface area contributed by atoms with Gasteiger partial charge < -0.3 is 5.32 Å². The molecule has 1 nitrogen and oxygen atoms in total. The Labute approximate surface area is 71.2 Å². The van der Waals surface area contributed by atoms with Gasteiger partial charge in [-0.1, -0.05) is 30.8 Å². The summed E-state index contributed by atoms with van der Waals surface area (Å²) in [5, 5.41) is 4.04. The second kappa shape index (κ2) is 2.78. The fourth-order valence-corrected chi connectivity index (χ4v) is 2.30. The van der Waals surface area contributed by atoms with E-state index in [2.05, 4.69) is 36.5 Å². The van der Waals surface area contributed by atoms with E-state index in [0.717, 1.165) is 0 Å². The Kier molecular flexibility index (Phi) is 1.78. The molecule has 0 spiro atoms. The molecule has 0 bridgehead atoms. The third-order valence-corrected chi connectivity index (χ3v) is 3.19. The average molecular weight is 165 g/mol. The van der Waals surface area contributed by atoms with Crippen molar-refractivity contribution >= 4 is 17.4 Å². The van der Waals surface area contributed by atoms with Gasteiger partial charge in [-0.15, -0.1) is 0 Å². The molecular formula is C9H11NS. The monoisotopic (exact) mass is 165 g/mol. The van der Waals surface area contributed by atoms with Gasteiger partial charge in [-0.3, -0.25) is 0 Å². The number of hydrogen-bond acceptors (Lipinski definition) is 2. The van der Waals surface area contributed by atoms with Crippen LogP contribution in [0.15, 0.2) is 29.2 Å². The first-order chi connectivity index (χ1) is 5.40. The van der Waals surface area contributed by atoms with E-state index < -0.39 is 0 Å². The molecule has 0 radical (unpaired) electrons. The lowest BCUT2D eigenvalue weighted by molar-refractivity contribution is 0.931. The van der Waals surface area contributed by atoms with Crippen molar-refractivity contribution < 1.29 is 0 Å². The molecule has 0 saturated heterocycles. The molecule has 11 heavy (non-hydrogen) atoms. The van der Waals surface area contributed by atoms with E-state index in [9.17, 15) is 0 Å². The van der Waals surface area contributed by atoms with Crippen molar-refractivity contribution in [2.75, 3.05) is 5.32 Å². The molecule has 58 valence electrons. The smallest absolute Gasteiger partial charge is 0.0767 e. The minimum Gasteiger partial charge on any atom is -0.372 e. The minimum absolute atomic E-state index is 0.590. The zero-order chi connectivity index (χ0) is 7.68. The summed E-state index contributed by atoms with van der Waals surface area (Å²) < 4.78 is 0. The van der Waals surface area contributed by atoms with Crippen LogP contribution in [0.3, 0.4) is 0 Å². The molecule has 1 aromatic rings. The van der Waals surface area contributed by atoms with Gasteiger partial charge in [0.2, 0.25) is 0 Å². The Balaban J connectivity index is 2.27. The molecule has 1 aromatic carbocycles. The molecule has 0 aliphatic carbocycles. The van der Waals surface area contributed by atoms with Crippen molar-refractivity contribution in [2.24, 2.45) is 0 Å². The molecule has 1 atom stereocenters. The standard InChI is InChI=1S/C9H11NS/c1-2-9-10-7-5-3-4-6-8(7)11-9/h3-6,9-10H,2H2,1H3/t9-/m1/s1. The topological polar surface area (TPSA) is 12.0 Å². The summed E-state index contributed by atoms with van der Waals surface area (Å²) in [4.78, 5) is 1.39. The Hall–Kier alpha value is -0.630. The van der Waals surface area contributed by atoms with Gasteiger partial charge in [-0.05, 0) is 18.6 Å². The minimum atomic E-state index is 0.590. The Morgan fingerprint density at radius 1 is 1.45 bits per heavy atom. The maximum atomic E-state index is 3.45. The van der Waals surface area contributed by atoms with Crippen LogP contribution in [-0.2, 0) is 0 Å². The van der Waals surface area contributed by atoms with Crippen molar-refractivity contribution in [2.45, 2.75) is 23.6 Å². The number of thioether (sulfide) groups is 1. The van der Waals surface area contributed by atoms with Crippen LogP contribution in [0.5, 0.6) is 0 Å². The zero-order valence-corrected chi connectivity index (χ0v) is 7.32. The van der Waals surface area contributed by atoms with Crippen molar-refractivity contribution in [3.8, 4) is 0 Å². The van der Waals surface area contributed by atoms with Crippen LogP contribution in [0, 0.1) is 0 Å². The fourth-order valence-electron chi connectivity index (χ4n) is 1.23. The number of hydrogen-bond donors (Lipinski definition) is 1. The number of anilines is 1. The highest BCUT2D eigenvalue weighted by molar-refractivity contribution is 8.00. The summed E-state index contributed by atoms with van der Waals surface area (Å²) in [5.74, 6) is 0. The lowest BCUT2D eigenvalue weighted by Crippen LogP contribution is -2.06. The number of benzene rings is 1. The van der Waals surface area contributed by atoms with Crippen LogP contribution < -0.4 is 5.32 Å². The molecule has 0 aromatic heterocycles. The molecule has 1 aliphatic heterocycles. The number of nitrogens with one attached hydrogen (secondary N) is 1. The van der Waals surface area contributed by atoms with Crippen LogP contribution in [0.1, 0.15) is 13.3 Å². The van der Waals surface area contributed by atoms with Gasteiger partial charge in [-0.2, -0.15) is 0 Å². The molecule has 2 rings (SSSR count). The second-order valence-electron chi connectivity index (χ2n) is 2.66. The van der Waals surface area contributed by atoms with Gasteiger partial charge in [0.25, 0.3) is 0 Å². The van der Waals surface area contributed by atoms with Crippen LogP contribution in [0.25, 0.3) is 0 Å². The predicted molar refractivity (Wildman–Crippen MR) is 50.0 cm³/mol. The largest absolute Gasteiger partial charge is 0.372 e. The van der Waals surface area contributed by atoms with Crippen molar-refractivity contribution in [1.82, 2.24) is 0 Å². The normalized spacial score (nSPS) is 21.0. The molecule has 0 fully saturated rings. The van der Waals surface area contributed by atoms with Gasteiger partial charge in [0.05, 0.1) is 5.37 Å². The summed E-state index contributed by atoms with van der Waals surface area (Å²) in [7, 11) is 0. The van der Waals surface area contributed by atoms with Crippen molar-refractivity contribution in [1.29, 1.82) is 0 Å². The Morgan fingerprint density at radius 2 is 2.27 bits per heavy atom. The van der Waals surface area contributed by atoms with Crippen LogP contribution in [0.4, 0.5) is 5.69 Å². The first-order valence-electron chi connectivity index (χ1n) is 3.92. The molecule has 2 heteroatoms. The van der Waals surface area contributed by atoms with E-state index in [1.54, 1.807) is 0 Å². The number of rotatable bonds is 1.